The fraction of sp³-hybridized carbons (Fsp3) is 0.588. The Kier molecular flexibility index (Phi) is 6.18. The van der Waals surface area contributed by atoms with Crippen LogP contribution in [0.25, 0.3) is 0 Å². The summed E-state index contributed by atoms with van der Waals surface area (Å²) in [7, 11) is 0. The lowest BCUT2D eigenvalue weighted by molar-refractivity contribution is -0.122. The van der Waals surface area contributed by atoms with Crippen LogP contribution in [0, 0.1) is 5.92 Å². The predicted octanol–water partition coefficient (Wildman–Crippen LogP) is 2.43. The molecule has 1 aliphatic heterocycles. The molecule has 1 aliphatic rings. The smallest absolute Gasteiger partial charge is 0.221 e. The summed E-state index contributed by atoms with van der Waals surface area (Å²) in [5, 5.41) is 3.06. The second-order valence-corrected chi connectivity index (χ2v) is 7.40. The first-order valence-electron chi connectivity index (χ1n) is 7.98. The first-order chi connectivity index (χ1) is 10.9. The number of benzene rings is 1. The molecule has 1 heterocycles. The van der Waals surface area contributed by atoms with Crippen LogP contribution in [0.2, 0.25) is 0 Å². The molecule has 1 unspecified atom stereocenters. The second kappa shape index (κ2) is 7.93. The summed E-state index contributed by atoms with van der Waals surface area (Å²) in [6.07, 6.45) is 0.460. The Morgan fingerprint density at radius 3 is 2.70 bits per heavy atom. The fourth-order valence-corrected chi connectivity index (χ4v) is 3.06. The molecule has 6 heteroatoms. The van der Waals surface area contributed by atoms with Crippen LogP contribution in [0.5, 0.6) is 11.5 Å². The van der Waals surface area contributed by atoms with E-state index in [-0.39, 0.29) is 11.4 Å². The van der Waals surface area contributed by atoms with Crippen LogP contribution in [0.4, 0.5) is 0 Å². The van der Waals surface area contributed by atoms with Crippen LogP contribution in [0.1, 0.15) is 27.2 Å². The molecule has 1 aromatic rings. The Morgan fingerprint density at radius 2 is 2.04 bits per heavy atom. The molecule has 1 aromatic carbocycles. The number of thioether (sulfide) groups is 1. The molecule has 0 aliphatic carbocycles. The monoisotopic (exact) mass is 338 g/mol. The highest BCUT2D eigenvalue weighted by Gasteiger charge is 2.28. The molecule has 1 atom stereocenters. The number of rotatable bonds is 7. The topological polar surface area (TPSA) is 73.6 Å². The lowest BCUT2D eigenvalue weighted by Crippen LogP contribution is -2.55. The number of hydrogen-bond acceptors (Lipinski definition) is 5. The van der Waals surface area contributed by atoms with E-state index < -0.39 is 0 Å². The van der Waals surface area contributed by atoms with Crippen molar-refractivity contribution in [3.63, 3.8) is 0 Å². The van der Waals surface area contributed by atoms with Crippen LogP contribution >= 0.6 is 11.8 Å². The Balaban J connectivity index is 1.81. The molecule has 128 valence electrons. The SMILES string of the molecule is CC(C)C(C)(CN)NC(=O)CCSc1ccc2c(c1)OCCO2. The van der Waals surface area contributed by atoms with E-state index in [1.54, 1.807) is 11.8 Å². The normalized spacial score (nSPS) is 16.0. The number of carbonyl (C=O) groups is 1. The molecule has 0 fully saturated rings. The maximum atomic E-state index is 12.1. The zero-order valence-corrected chi connectivity index (χ0v) is 14.9. The summed E-state index contributed by atoms with van der Waals surface area (Å²) in [5.74, 6) is 2.61. The van der Waals surface area contributed by atoms with Crippen molar-refractivity contribution in [1.82, 2.24) is 5.32 Å². The minimum atomic E-state index is -0.348. The van der Waals surface area contributed by atoms with Crippen molar-refractivity contribution < 1.29 is 14.3 Å². The first kappa shape index (κ1) is 17.9. The number of hydrogen-bond donors (Lipinski definition) is 2. The number of amides is 1. The van der Waals surface area contributed by atoms with Gasteiger partial charge < -0.3 is 20.5 Å². The zero-order valence-electron chi connectivity index (χ0n) is 14.1. The van der Waals surface area contributed by atoms with Gasteiger partial charge in [0.15, 0.2) is 11.5 Å². The van der Waals surface area contributed by atoms with Gasteiger partial charge in [0.1, 0.15) is 13.2 Å². The molecule has 23 heavy (non-hydrogen) atoms. The van der Waals surface area contributed by atoms with Gasteiger partial charge in [0.2, 0.25) is 5.91 Å². The van der Waals surface area contributed by atoms with Gasteiger partial charge in [0.05, 0.1) is 5.54 Å². The van der Waals surface area contributed by atoms with Gasteiger partial charge in [-0.05, 0) is 31.0 Å². The van der Waals surface area contributed by atoms with Gasteiger partial charge >= 0.3 is 0 Å². The number of ether oxygens (including phenoxy) is 2. The van der Waals surface area contributed by atoms with Crippen molar-refractivity contribution >= 4 is 17.7 Å². The molecule has 0 aromatic heterocycles. The molecule has 0 saturated heterocycles. The van der Waals surface area contributed by atoms with Gasteiger partial charge in [0.25, 0.3) is 0 Å². The second-order valence-electron chi connectivity index (χ2n) is 6.23. The Bertz CT molecular complexity index is 551. The zero-order chi connectivity index (χ0) is 16.9. The number of nitrogens with two attached hydrogens (primary N) is 1. The summed E-state index contributed by atoms with van der Waals surface area (Å²) in [5.41, 5.74) is 5.45. The minimum Gasteiger partial charge on any atom is -0.486 e. The highest BCUT2D eigenvalue weighted by Crippen LogP contribution is 2.34. The third-order valence-corrected chi connectivity index (χ3v) is 5.23. The van der Waals surface area contributed by atoms with Crippen LogP contribution < -0.4 is 20.5 Å². The highest BCUT2D eigenvalue weighted by atomic mass is 32.2. The van der Waals surface area contributed by atoms with Crippen molar-refractivity contribution in [1.29, 1.82) is 0 Å². The van der Waals surface area contributed by atoms with E-state index in [1.165, 1.54) is 0 Å². The Labute approximate surface area is 142 Å². The molecule has 5 nitrogen and oxygen atoms in total. The molecule has 0 radical (unpaired) electrons. The molecular formula is C17H26N2O3S. The third kappa shape index (κ3) is 4.78. The quantitative estimate of drug-likeness (QED) is 0.747. The van der Waals surface area contributed by atoms with Crippen LogP contribution in [0.15, 0.2) is 23.1 Å². The van der Waals surface area contributed by atoms with E-state index in [0.29, 0.717) is 37.9 Å². The predicted molar refractivity (Wildman–Crippen MR) is 93.2 cm³/mol. The van der Waals surface area contributed by atoms with E-state index in [1.807, 2.05) is 25.1 Å². The third-order valence-electron chi connectivity index (χ3n) is 4.23. The molecule has 0 spiro atoms. The lowest BCUT2D eigenvalue weighted by atomic mass is 9.88. The molecular weight excluding hydrogens is 312 g/mol. The standard InChI is InChI=1S/C17H26N2O3S/c1-12(2)17(3,11-18)19-16(20)6-9-23-13-4-5-14-15(10-13)22-8-7-21-14/h4-5,10,12H,6-9,11,18H2,1-3H3,(H,19,20). The summed E-state index contributed by atoms with van der Waals surface area (Å²) >= 11 is 1.64. The molecule has 0 bridgehead atoms. The summed E-state index contributed by atoms with van der Waals surface area (Å²) in [6, 6.07) is 5.88. The largest absolute Gasteiger partial charge is 0.486 e. The van der Waals surface area contributed by atoms with E-state index in [2.05, 4.69) is 19.2 Å². The van der Waals surface area contributed by atoms with Crippen LogP contribution in [-0.4, -0.2) is 37.0 Å². The maximum absolute atomic E-state index is 12.1. The average molecular weight is 338 g/mol. The molecule has 3 N–H and O–H groups in total. The van der Waals surface area contributed by atoms with Crippen molar-refractivity contribution in [2.24, 2.45) is 11.7 Å². The van der Waals surface area contributed by atoms with E-state index in [0.717, 1.165) is 16.4 Å². The minimum absolute atomic E-state index is 0.0386. The van der Waals surface area contributed by atoms with Crippen molar-refractivity contribution in [3.8, 4) is 11.5 Å². The van der Waals surface area contributed by atoms with Crippen LogP contribution in [0.3, 0.4) is 0 Å². The van der Waals surface area contributed by atoms with Crippen molar-refractivity contribution in [2.75, 3.05) is 25.5 Å². The molecule has 0 saturated carbocycles. The van der Waals surface area contributed by atoms with E-state index >= 15 is 0 Å². The molecule has 1 amide bonds. The summed E-state index contributed by atoms with van der Waals surface area (Å²) in [4.78, 5) is 13.2. The van der Waals surface area contributed by atoms with Crippen LogP contribution in [-0.2, 0) is 4.79 Å². The first-order valence-corrected chi connectivity index (χ1v) is 8.96. The van der Waals surface area contributed by atoms with Gasteiger partial charge in [-0.1, -0.05) is 13.8 Å². The fourth-order valence-electron chi connectivity index (χ4n) is 2.19. The van der Waals surface area contributed by atoms with Gasteiger partial charge in [-0.15, -0.1) is 11.8 Å². The van der Waals surface area contributed by atoms with Gasteiger partial charge in [-0.2, -0.15) is 0 Å². The van der Waals surface area contributed by atoms with Crippen molar-refractivity contribution in [2.45, 2.75) is 37.6 Å². The van der Waals surface area contributed by atoms with E-state index in [4.69, 9.17) is 15.2 Å². The summed E-state index contributed by atoms with van der Waals surface area (Å²) in [6.45, 7) is 7.73. The van der Waals surface area contributed by atoms with E-state index in [9.17, 15) is 4.79 Å². The van der Waals surface area contributed by atoms with Gasteiger partial charge in [0, 0.05) is 23.6 Å². The Hall–Kier alpha value is -1.40. The number of carbonyl (C=O) groups excluding carboxylic acids is 1. The average Bonchev–Trinajstić information content (AvgIpc) is 2.54. The highest BCUT2D eigenvalue weighted by molar-refractivity contribution is 7.99. The van der Waals surface area contributed by atoms with Gasteiger partial charge in [-0.25, -0.2) is 0 Å². The maximum Gasteiger partial charge on any atom is 0.221 e. The Morgan fingerprint density at radius 1 is 1.35 bits per heavy atom. The molecule has 2 rings (SSSR count). The number of nitrogens with one attached hydrogen (secondary N) is 1. The van der Waals surface area contributed by atoms with Crippen molar-refractivity contribution in [3.05, 3.63) is 18.2 Å². The lowest BCUT2D eigenvalue weighted by Gasteiger charge is -2.33. The van der Waals surface area contributed by atoms with Gasteiger partial charge in [-0.3, -0.25) is 4.79 Å². The summed E-state index contributed by atoms with van der Waals surface area (Å²) < 4.78 is 11.1. The number of fused-ring (bicyclic) bond motifs is 1.